The van der Waals surface area contributed by atoms with Crippen LogP contribution in [0, 0.1) is 5.92 Å². The number of benzene rings is 1. The minimum atomic E-state index is -4.08. The van der Waals surface area contributed by atoms with Gasteiger partial charge in [-0.05, 0) is 31.4 Å². The number of rotatable bonds is 3. The van der Waals surface area contributed by atoms with Crippen molar-refractivity contribution in [1.82, 2.24) is 0 Å². The third-order valence-electron chi connectivity index (χ3n) is 3.60. The zero-order valence-electron chi connectivity index (χ0n) is 10.8. The number of para-hydroxylation sites is 2. The number of anilines is 1. The van der Waals surface area contributed by atoms with Gasteiger partial charge in [0, 0.05) is 6.04 Å². The van der Waals surface area contributed by atoms with Crippen LogP contribution in [0.5, 0.6) is 5.75 Å². The zero-order valence-corrected chi connectivity index (χ0v) is 10.8. The van der Waals surface area contributed by atoms with Crippen LogP contribution in [0.25, 0.3) is 0 Å². The van der Waals surface area contributed by atoms with Gasteiger partial charge in [-0.15, -0.1) is 0 Å². The van der Waals surface area contributed by atoms with Crippen molar-refractivity contribution in [2.24, 2.45) is 5.92 Å². The van der Waals surface area contributed by atoms with E-state index in [0.717, 1.165) is 12.1 Å². The first-order valence-corrected chi connectivity index (χ1v) is 6.47. The average molecular weight is 273 g/mol. The second-order valence-corrected chi connectivity index (χ2v) is 4.95. The summed E-state index contributed by atoms with van der Waals surface area (Å²) in [5.74, 6) is -0.523. The van der Waals surface area contributed by atoms with E-state index in [-0.39, 0.29) is 18.9 Å². The lowest BCUT2D eigenvalue weighted by Gasteiger charge is -2.31. The maximum Gasteiger partial charge on any atom is 0.391 e. The van der Waals surface area contributed by atoms with Crippen LogP contribution in [-0.2, 0) is 0 Å². The van der Waals surface area contributed by atoms with Gasteiger partial charge >= 0.3 is 6.18 Å². The minimum Gasteiger partial charge on any atom is -0.495 e. The van der Waals surface area contributed by atoms with E-state index >= 15 is 0 Å². The summed E-state index contributed by atoms with van der Waals surface area (Å²) in [6.07, 6.45) is -2.32. The van der Waals surface area contributed by atoms with Crippen molar-refractivity contribution in [2.75, 3.05) is 12.4 Å². The summed E-state index contributed by atoms with van der Waals surface area (Å²) in [5.41, 5.74) is 0.762. The highest BCUT2D eigenvalue weighted by atomic mass is 19.4. The van der Waals surface area contributed by atoms with Crippen LogP contribution in [-0.4, -0.2) is 19.3 Å². The van der Waals surface area contributed by atoms with E-state index in [9.17, 15) is 13.2 Å². The van der Waals surface area contributed by atoms with E-state index in [2.05, 4.69) is 5.32 Å². The molecule has 0 bridgehead atoms. The molecule has 2 unspecified atom stereocenters. The number of methoxy groups -OCH3 is 1. The molecule has 0 spiro atoms. The Hall–Kier alpha value is -1.39. The Morgan fingerprint density at radius 2 is 1.95 bits per heavy atom. The molecule has 5 heteroatoms. The topological polar surface area (TPSA) is 21.3 Å². The van der Waals surface area contributed by atoms with Crippen LogP contribution in [0.2, 0.25) is 0 Å². The predicted molar refractivity (Wildman–Crippen MR) is 68.4 cm³/mol. The van der Waals surface area contributed by atoms with Gasteiger partial charge in [0.25, 0.3) is 0 Å². The molecular weight excluding hydrogens is 255 g/mol. The van der Waals surface area contributed by atoms with Crippen LogP contribution in [0.4, 0.5) is 18.9 Å². The monoisotopic (exact) mass is 273 g/mol. The van der Waals surface area contributed by atoms with E-state index in [1.807, 2.05) is 18.2 Å². The Bertz CT molecular complexity index is 419. The van der Waals surface area contributed by atoms with Crippen LogP contribution in [0.15, 0.2) is 24.3 Å². The molecule has 0 radical (unpaired) electrons. The molecule has 1 aliphatic rings. The van der Waals surface area contributed by atoms with Gasteiger partial charge in [-0.3, -0.25) is 0 Å². The number of halogens is 3. The largest absolute Gasteiger partial charge is 0.495 e. The first kappa shape index (κ1) is 14.0. The molecule has 1 N–H and O–H groups in total. The number of hydrogen-bond donors (Lipinski definition) is 1. The molecule has 1 saturated carbocycles. The SMILES string of the molecule is COc1ccccc1NC1CCCC(C(F)(F)F)C1. The predicted octanol–water partition coefficient (Wildman–Crippen LogP) is 4.23. The summed E-state index contributed by atoms with van der Waals surface area (Å²) in [7, 11) is 1.56. The molecule has 1 fully saturated rings. The molecule has 1 aromatic carbocycles. The molecular formula is C14H18F3NO. The maximum atomic E-state index is 12.7. The smallest absolute Gasteiger partial charge is 0.391 e. The van der Waals surface area contributed by atoms with Crippen LogP contribution >= 0.6 is 0 Å². The molecule has 106 valence electrons. The molecule has 0 heterocycles. The molecule has 1 aromatic rings. The van der Waals surface area contributed by atoms with E-state index in [1.54, 1.807) is 13.2 Å². The fourth-order valence-corrected chi connectivity index (χ4v) is 2.60. The summed E-state index contributed by atoms with van der Waals surface area (Å²) < 4.78 is 43.4. The molecule has 0 aliphatic heterocycles. The molecule has 19 heavy (non-hydrogen) atoms. The second kappa shape index (κ2) is 5.72. The van der Waals surface area contributed by atoms with Gasteiger partial charge in [-0.25, -0.2) is 0 Å². The lowest BCUT2D eigenvalue weighted by Crippen LogP contribution is -2.34. The lowest BCUT2D eigenvalue weighted by atomic mass is 9.85. The second-order valence-electron chi connectivity index (χ2n) is 4.95. The summed E-state index contributed by atoms with van der Waals surface area (Å²) >= 11 is 0. The van der Waals surface area contributed by atoms with Crippen LogP contribution in [0.3, 0.4) is 0 Å². The van der Waals surface area contributed by atoms with Gasteiger partial charge in [-0.1, -0.05) is 18.6 Å². The van der Waals surface area contributed by atoms with Gasteiger partial charge in [-0.2, -0.15) is 13.2 Å². The van der Waals surface area contributed by atoms with Gasteiger partial charge in [0.15, 0.2) is 0 Å². The average Bonchev–Trinajstić information content (AvgIpc) is 2.39. The lowest BCUT2D eigenvalue weighted by molar-refractivity contribution is -0.182. The molecule has 2 rings (SSSR count). The van der Waals surface area contributed by atoms with E-state index < -0.39 is 12.1 Å². The molecule has 0 amide bonds. The Balaban J connectivity index is 2.03. The number of ether oxygens (including phenoxy) is 1. The van der Waals surface area contributed by atoms with Crippen molar-refractivity contribution >= 4 is 5.69 Å². The Morgan fingerprint density at radius 1 is 1.21 bits per heavy atom. The van der Waals surface area contributed by atoms with Gasteiger partial charge < -0.3 is 10.1 Å². The molecule has 2 nitrogen and oxygen atoms in total. The molecule has 0 aromatic heterocycles. The maximum absolute atomic E-state index is 12.7. The van der Waals surface area contributed by atoms with Gasteiger partial charge in [0.05, 0.1) is 18.7 Å². The Morgan fingerprint density at radius 3 is 2.63 bits per heavy atom. The van der Waals surface area contributed by atoms with Crippen molar-refractivity contribution in [1.29, 1.82) is 0 Å². The summed E-state index contributed by atoms with van der Waals surface area (Å²) in [6.45, 7) is 0. The summed E-state index contributed by atoms with van der Waals surface area (Å²) in [6, 6.07) is 7.16. The van der Waals surface area contributed by atoms with Crippen molar-refractivity contribution in [3.8, 4) is 5.75 Å². The van der Waals surface area contributed by atoms with Gasteiger partial charge in [0.2, 0.25) is 0 Å². The third kappa shape index (κ3) is 3.55. The molecule has 0 saturated heterocycles. The quantitative estimate of drug-likeness (QED) is 0.890. The summed E-state index contributed by atoms with van der Waals surface area (Å²) in [4.78, 5) is 0. The van der Waals surface area contributed by atoms with Crippen LogP contribution in [0.1, 0.15) is 25.7 Å². The standard InChI is InChI=1S/C14H18F3NO/c1-19-13-8-3-2-7-12(13)18-11-6-4-5-10(9-11)14(15,16)17/h2-3,7-8,10-11,18H,4-6,9H2,1H3. The van der Waals surface area contributed by atoms with Gasteiger partial charge in [0.1, 0.15) is 5.75 Å². The van der Waals surface area contributed by atoms with Crippen molar-refractivity contribution in [3.05, 3.63) is 24.3 Å². The highest BCUT2D eigenvalue weighted by Gasteiger charge is 2.42. The Labute approximate surface area is 111 Å². The normalized spacial score (nSPS) is 24.0. The van der Waals surface area contributed by atoms with E-state index in [1.165, 1.54) is 0 Å². The van der Waals surface area contributed by atoms with Crippen LogP contribution < -0.4 is 10.1 Å². The molecule has 1 aliphatic carbocycles. The first-order chi connectivity index (χ1) is 9.00. The van der Waals surface area contributed by atoms with E-state index in [4.69, 9.17) is 4.74 Å². The van der Waals surface area contributed by atoms with Crippen molar-refractivity contribution < 1.29 is 17.9 Å². The van der Waals surface area contributed by atoms with E-state index in [0.29, 0.717) is 12.2 Å². The fourth-order valence-electron chi connectivity index (χ4n) is 2.60. The zero-order chi connectivity index (χ0) is 13.9. The highest BCUT2D eigenvalue weighted by Crippen LogP contribution is 2.39. The highest BCUT2D eigenvalue weighted by molar-refractivity contribution is 5.56. The Kier molecular flexibility index (Phi) is 4.22. The minimum absolute atomic E-state index is 0.140. The van der Waals surface area contributed by atoms with Crippen molar-refractivity contribution in [3.63, 3.8) is 0 Å². The summed E-state index contributed by atoms with van der Waals surface area (Å²) in [5, 5.41) is 3.18. The first-order valence-electron chi connectivity index (χ1n) is 6.47. The number of alkyl halides is 3. The van der Waals surface area contributed by atoms with Crippen molar-refractivity contribution in [2.45, 2.75) is 37.9 Å². The number of nitrogens with one attached hydrogen (secondary N) is 1. The molecule has 2 atom stereocenters. The number of hydrogen-bond acceptors (Lipinski definition) is 2. The fraction of sp³-hybridized carbons (Fsp3) is 0.571. The third-order valence-corrected chi connectivity index (χ3v) is 3.60.